The highest BCUT2D eigenvalue weighted by Crippen LogP contribution is 2.62. The third-order valence-corrected chi connectivity index (χ3v) is 5.69. The normalized spacial score (nSPS) is 44.8. The van der Waals surface area contributed by atoms with E-state index in [-0.39, 0.29) is 0 Å². The second-order valence-electron chi connectivity index (χ2n) is 6.50. The van der Waals surface area contributed by atoms with Crippen molar-refractivity contribution in [2.45, 2.75) is 44.1 Å². The number of nitriles is 1. The van der Waals surface area contributed by atoms with Crippen LogP contribution in [0.15, 0.2) is 0 Å². The quantitative estimate of drug-likeness (QED) is 0.752. The van der Waals surface area contributed by atoms with Gasteiger partial charge in [0.05, 0.1) is 17.1 Å². The standard InChI is InChI=1S/C14H22N2O/c1-16-6-4-14(17,5-7-16)13(10-15)9-11-2-3-12(13)8-11/h11-12,17H,2-9H2,1H3. The molecule has 3 heteroatoms. The predicted molar refractivity (Wildman–Crippen MR) is 65.2 cm³/mol. The summed E-state index contributed by atoms with van der Waals surface area (Å²) in [6.45, 7) is 1.86. The van der Waals surface area contributed by atoms with Crippen molar-refractivity contribution in [2.75, 3.05) is 20.1 Å². The van der Waals surface area contributed by atoms with Gasteiger partial charge in [-0.3, -0.25) is 0 Å². The van der Waals surface area contributed by atoms with E-state index < -0.39 is 11.0 Å². The first-order valence-electron chi connectivity index (χ1n) is 6.92. The maximum Gasteiger partial charge on any atom is 0.0891 e. The van der Waals surface area contributed by atoms with Crippen molar-refractivity contribution in [3.63, 3.8) is 0 Å². The van der Waals surface area contributed by atoms with E-state index in [1.165, 1.54) is 12.8 Å². The first-order valence-corrected chi connectivity index (χ1v) is 6.92. The third kappa shape index (κ3) is 1.47. The van der Waals surface area contributed by atoms with E-state index in [2.05, 4.69) is 18.0 Å². The van der Waals surface area contributed by atoms with Gasteiger partial charge in [0.15, 0.2) is 0 Å². The topological polar surface area (TPSA) is 47.3 Å². The van der Waals surface area contributed by atoms with Crippen LogP contribution in [-0.4, -0.2) is 35.7 Å². The van der Waals surface area contributed by atoms with Crippen molar-refractivity contribution >= 4 is 0 Å². The number of rotatable bonds is 1. The van der Waals surface area contributed by atoms with Crippen LogP contribution in [0.1, 0.15) is 38.5 Å². The molecule has 1 saturated heterocycles. The highest BCUT2D eigenvalue weighted by Gasteiger charge is 2.62. The largest absolute Gasteiger partial charge is 0.388 e. The fraction of sp³-hybridized carbons (Fsp3) is 0.929. The Bertz CT molecular complexity index is 354. The van der Waals surface area contributed by atoms with Crippen LogP contribution in [0.3, 0.4) is 0 Å². The molecule has 3 nitrogen and oxygen atoms in total. The Balaban J connectivity index is 1.89. The second-order valence-corrected chi connectivity index (χ2v) is 6.50. The molecule has 3 aliphatic rings. The molecule has 0 radical (unpaired) electrons. The molecular weight excluding hydrogens is 212 g/mol. The molecule has 94 valence electrons. The molecule has 17 heavy (non-hydrogen) atoms. The van der Waals surface area contributed by atoms with E-state index in [0.717, 1.165) is 38.8 Å². The van der Waals surface area contributed by atoms with Gasteiger partial charge in [-0.2, -0.15) is 5.26 Å². The molecule has 2 bridgehead atoms. The molecule has 3 rings (SSSR count). The SMILES string of the molecule is CN1CCC(O)(C2(C#N)CC3CCC2C3)CC1. The Morgan fingerprint density at radius 1 is 1.29 bits per heavy atom. The molecule has 0 aromatic rings. The van der Waals surface area contributed by atoms with Crippen molar-refractivity contribution in [1.29, 1.82) is 5.26 Å². The summed E-state index contributed by atoms with van der Waals surface area (Å²) >= 11 is 0. The van der Waals surface area contributed by atoms with Gasteiger partial charge in [-0.15, -0.1) is 0 Å². The summed E-state index contributed by atoms with van der Waals surface area (Å²) in [4.78, 5) is 2.26. The zero-order chi connectivity index (χ0) is 12.1. The van der Waals surface area contributed by atoms with Crippen molar-refractivity contribution in [1.82, 2.24) is 4.90 Å². The number of hydrogen-bond donors (Lipinski definition) is 1. The molecule has 0 aromatic heterocycles. The lowest BCUT2D eigenvalue weighted by Gasteiger charge is -2.49. The van der Waals surface area contributed by atoms with E-state index in [9.17, 15) is 10.4 Å². The Hall–Kier alpha value is -0.590. The van der Waals surface area contributed by atoms with E-state index in [1.807, 2.05) is 0 Å². The average molecular weight is 234 g/mol. The summed E-state index contributed by atoms with van der Waals surface area (Å²) in [7, 11) is 2.10. The Morgan fingerprint density at radius 2 is 2.00 bits per heavy atom. The molecule has 1 N–H and O–H groups in total. The van der Waals surface area contributed by atoms with Gasteiger partial charge in [-0.05, 0) is 51.0 Å². The molecular formula is C14H22N2O. The number of likely N-dealkylation sites (tertiary alicyclic amines) is 1. The fourth-order valence-electron chi connectivity index (χ4n) is 4.58. The number of aliphatic hydroxyl groups is 1. The van der Waals surface area contributed by atoms with Gasteiger partial charge in [0, 0.05) is 13.1 Å². The minimum atomic E-state index is -0.714. The molecule has 0 amide bonds. The zero-order valence-electron chi connectivity index (χ0n) is 10.7. The minimum Gasteiger partial charge on any atom is -0.388 e. The van der Waals surface area contributed by atoms with E-state index >= 15 is 0 Å². The first kappa shape index (κ1) is 11.5. The van der Waals surface area contributed by atoms with Gasteiger partial charge in [0.2, 0.25) is 0 Å². The fourth-order valence-corrected chi connectivity index (χ4v) is 4.58. The first-order chi connectivity index (χ1) is 8.10. The highest BCUT2D eigenvalue weighted by molar-refractivity contribution is 5.20. The number of piperidine rings is 1. The van der Waals surface area contributed by atoms with Crippen molar-refractivity contribution in [3.05, 3.63) is 0 Å². The van der Waals surface area contributed by atoms with Gasteiger partial charge < -0.3 is 10.0 Å². The molecule has 2 saturated carbocycles. The van der Waals surface area contributed by atoms with Crippen LogP contribution in [0.4, 0.5) is 0 Å². The highest BCUT2D eigenvalue weighted by atomic mass is 16.3. The van der Waals surface area contributed by atoms with Gasteiger partial charge >= 0.3 is 0 Å². The molecule has 1 heterocycles. The van der Waals surface area contributed by atoms with Crippen LogP contribution in [-0.2, 0) is 0 Å². The van der Waals surface area contributed by atoms with E-state index in [1.54, 1.807) is 0 Å². The van der Waals surface area contributed by atoms with Crippen LogP contribution >= 0.6 is 0 Å². The number of fused-ring (bicyclic) bond motifs is 2. The second kappa shape index (κ2) is 3.70. The van der Waals surface area contributed by atoms with Crippen molar-refractivity contribution in [3.8, 4) is 6.07 Å². The summed E-state index contributed by atoms with van der Waals surface area (Å²) in [5.41, 5.74) is -1.13. The van der Waals surface area contributed by atoms with E-state index in [0.29, 0.717) is 11.8 Å². The van der Waals surface area contributed by atoms with E-state index in [4.69, 9.17) is 0 Å². The Kier molecular flexibility index (Phi) is 2.50. The summed E-state index contributed by atoms with van der Waals surface area (Å²) in [6.07, 6.45) is 6.14. The van der Waals surface area contributed by atoms with Gasteiger partial charge in [-0.25, -0.2) is 0 Å². The maximum absolute atomic E-state index is 11.0. The monoisotopic (exact) mass is 234 g/mol. The molecule has 0 aromatic carbocycles. The minimum absolute atomic E-state index is 0.419. The summed E-state index contributed by atoms with van der Waals surface area (Å²) in [5.74, 6) is 1.18. The summed E-state index contributed by atoms with van der Waals surface area (Å²) in [5, 5.41) is 20.7. The lowest BCUT2D eigenvalue weighted by Crippen LogP contribution is -2.56. The van der Waals surface area contributed by atoms with Crippen molar-refractivity contribution in [2.24, 2.45) is 17.3 Å². The molecule has 3 atom stereocenters. The predicted octanol–water partition coefficient (Wildman–Crippen LogP) is 1.77. The smallest absolute Gasteiger partial charge is 0.0891 e. The van der Waals surface area contributed by atoms with Crippen molar-refractivity contribution < 1.29 is 5.11 Å². The van der Waals surface area contributed by atoms with Gasteiger partial charge in [0.1, 0.15) is 0 Å². The molecule has 0 spiro atoms. The van der Waals surface area contributed by atoms with Crippen LogP contribution in [0.25, 0.3) is 0 Å². The Labute approximate surface area is 103 Å². The maximum atomic E-state index is 11.0. The van der Waals surface area contributed by atoms with Crippen LogP contribution in [0, 0.1) is 28.6 Å². The molecule has 2 aliphatic carbocycles. The van der Waals surface area contributed by atoms with Gasteiger partial charge in [-0.1, -0.05) is 6.42 Å². The molecule has 1 aliphatic heterocycles. The summed E-state index contributed by atoms with van der Waals surface area (Å²) < 4.78 is 0. The number of hydrogen-bond acceptors (Lipinski definition) is 3. The summed E-state index contributed by atoms with van der Waals surface area (Å²) in [6, 6.07) is 2.57. The van der Waals surface area contributed by atoms with Crippen LogP contribution < -0.4 is 0 Å². The Morgan fingerprint density at radius 3 is 2.47 bits per heavy atom. The number of nitrogens with zero attached hydrogens (tertiary/aromatic N) is 2. The lowest BCUT2D eigenvalue weighted by molar-refractivity contribution is -0.115. The van der Waals surface area contributed by atoms with Gasteiger partial charge in [0.25, 0.3) is 0 Å². The lowest BCUT2D eigenvalue weighted by atomic mass is 9.60. The van der Waals surface area contributed by atoms with Crippen LogP contribution in [0.5, 0.6) is 0 Å². The molecule has 3 fully saturated rings. The average Bonchev–Trinajstić information content (AvgIpc) is 2.93. The molecule has 3 unspecified atom stereocenters. The zero-order valence-corrected chi connectivity index (χ0v) is 10.7. The van der Waals surface area contributed by atoms with Crippen LogP contribution in [0.2, 0.25) is 0 Å². The third-order valence-electron chi connectivity index (χ3n) is 5.69.